The second-order valence-corrected chi connectivity index (χ2v) is 9.13. The Morgan fingerprint density at radius 3 is 2.43 bits per heavy atom. The number of amides is 1. The Kier molecular flexibility index (Phi) is 6.27. The third-order valence-electron chi connectivity index (χ3n) is 5.81. The normalized spacial score (nSPS) is 16.3. The summed E-state index contributed by atoms with van der Waals surface area (Å²) in [5, 5.41) is 2.87. The van der Waals surface area contributed by atoms with E-state index < -0.39 is 11.5 Å². The maximum atomic E-state index is 12.8. The number of likely N-dealkylation sites (N-methyl/N-ethyl adjacent to an activating group) is 1. The molecule has 6 nitrogen and oxygen atoms in total. The van der Waals surface area contributed by atoms with Crippen LogP contribution < -0.4 is 10.9 Å². The molecule has 0 spiro atoms. The van der Waals surface area contributed by atoms with Gasteiger partial charge in [-0.25, -0.2) is 0 Å². The molecule has 0 saturated heterocycles. The molecule has 0 aliphatic heterocycles. The predicted molar refractivity (Wildman–Crippen MR) is 118 cm³/mol. The lowest BCUT2D eigenvalue weighted by Crippen LogP contribution is -2.38. The van der Waals surface area contributed by atoms with Crippen molar-refractivity contribution in [2.24, 2.45) is 5.41 Å². The summed E-state index contributed by atoms with van der Waals surface area (Å²) in [6.45, 7) is 6.47. The molecule has 0 radical (unpaired) electrons. The summed E-state index contributed by atoms with van der Waals surface area (Å²) >= 11 is 0. The van der Waals surface area contributed by atoms with Crippen LogP contribution in [0.25, 0.3) is 0 Å². The summed E-state index contributed by atoms with van der Waals surface area (Å²) in [4.78, 5) is 42.6. The van der Waals surface area contributed by atoms with E-state index in [1.54, 1.807) is 0 Å². The molecule has 2 aromatic rings. The van der Waals surface area contributed by atoms with Gasteiger partial charge < -0.3 is 15.2 Å². The summed E-state index contributed by atoms with van der Waals surface area (Å²) in [5.74, 6) is -0.498. The summed E-state index contributed by atoms with van der Waals surface area (Å²) in [6.07, 6.45) is 1.99. The van der Waals surface area contributed by atoms with Crippen molar-refractivity contribution in [3.8, 4) is 0 Å². The van der Waals surface area contributed by atoms with Crippen LogP contribution in [0.2, 0.25) is 0 Å². The number of aryl methyl sites for hydroxylation is 1. The van der Waals surface area contributed by atoms with Gasteiger partial charge in [0.15, 0.2) is 5.78 Å². The van der Waals surface area contributed by atoms with E-state index in [1.807, 2.05) is 32.8 Å². The Hall–Kier alpha value is -2.73. The van der Waals surface area contributed by atoms with Gasteiger partial charge >= 0.3 is 0 Å². The predicted octanol–water partition coefficient (Wildman–Crippen LogP) is 3.13. The number of carbonyl (C=O) groups is 2. The number of fused-ring (bicyclic) bond motifs is 1. The number of H-pyrrole nitrogens is 1. The highest BCUT2D eigenvalue weighted by Crippen LogP contribution is 2.33. The lowest BCUT2D eigenvalue weighted by atomic mass is 9.75. The van der Waals surface area contributed by atoms with Gasteiger partial charge in [0.1, 0.15) is 5.56 Å². The van der Waals surface area contributed by atoms with Crippen molar-refractivity contribution in [3.63, 3.8) is 0 Å². The van der Waals surface area contributed by atoms with Crippen LogP contribution in [0.15, 0.2) is 35.1 Å². The number of pyridine rings is 1. The number of nitrogens with one attached hydrogen (secondary N) is 2. The van der Waals surface area contributed by atoms with E-state index in [1.165, 1.54) is 11.6 Å². The zero-order valence-electron chi connectivity index (χ0n) is 18.5. The maximum absolute atomic E-state index is 12.8. The highest BCUT2D eigenvalue weighted by Gasteiger charge is 2.32. The fourth-order valence-corrected chi connectivity index (χ4v) is 4.06. The Balaban J connectivity index is 1.79. The molecule has 160 valence electrons. The van der Waals surface area contributed by atoms with E-state index in [0.717, 1.165) is 12.0 Å². The molecule has 1 atom stereocenters. The van der Waals surface area contributed by atoms with Crippen molar-refractivity contribution >= 4 is 11.7 Å². The molecule has 0 bridgehead atoms. The monoisotopic (exact) mass is 409 g/mol. The molecule has 1 amide bonds. The van der Waals surface area contributed by atoms with Crippen LogP contribution in [-0.2, 0) is 12.8 Å². The Bertz CT molecular complexity index is 1000. The number of benzene rings is 1. The molecule has 2 N–H and O–H groups in total. The minimum Gasteiger partial charge on any atom is -0.350 e. The largest absolute Gasteiger partial charge is 0.350 e. The van der Waals surface area contributed by atoms with E-state index >= 15 is 0 Å². The third kappa shape index (κ3) is 4.70. The fourth-order valence-electron chi connectivity index (χ4n) is 4.06. The topological polar surface area (TPSA) is 82.3 Å². The van der Waals surface area contributed by atoms with Crippen molar-refractivity contribution in [3.05, 3.63) is 68.6 Å². The van der Waals surface area contributed by atoms with Crippen molar-refractivity contribution in [2.45, 2.75) is 46.1 Å². The number of hydrogen-bond acceptors (Lipinski definition) is 4. The highest BCUT2D eigenvalue weighted by atomic mass is 16.2. The third-order valence-corrected chi connectivity index (χ3v) is 5.81. The number of aromatic nitrogens is 1. The molecule has 3 rings (SSSR count). The Morgan fingerprint density at radius 1 is 1.17 bits per heavy atom. The lowest BCUT2D eigenvalue weighted by molar-refractivity contribution is 0.0910. The number of aromatic amines is 1. The molecular formula is C24H31N3O3. The molecule has 1 unspecified atom stereocenters. The first-order chi connectivity index (χ1) is 14.1. The number of carbonyl (C=O) groups excluding carboxylic acids is 2. The van der Waals surface area contributed by atoms with Gasteiger partial charge in [-0.1, -0.05) is 45.0 Å². The van der Waals surface area contributed by atoms with Crippen molar-refractivity contribution in [2.75, 3.05) is 20.6 Å². The number of nitrogens with zero attached hydrogens (tertiary/aromatic N) is 1. The molecule has 1 aliphatic rings. The minimum atomic E-state index is -0.464. The molecule has 0 saturated carbocycles. The summed E-state index contributed by atoms with van der Waals surface area (Å²) in [5.41, 5.74) is 2.77. The quantitative estimate of drug-likeness (QED) is 0.768. The van der Waals surface area contributed by atoms with Crippen molar-refractivity contribution in [1.29, 1.82) is 0 Å². The van der Waals surface area contributed by atoms with E-state index in [2.05, 4.69) is 41.5 Å². The molecule has 1 aromatic heterocycles. The summed E-state index contributed by atoms with van der Waals surface area (Å²) in [6, 6.07) is 9.76. The summed E-state index contributed by atoms with van der Waals surface area (Å²) in [7, 11) is 3.91. The Morgan fingerprint density at radius 2 is 1.83 bits per heavy atom. The molecule has 1 aliphatic carbocycles. The van der Waals surface area contributed by atoms with Gasteiger partial charge in [0.2, 0.25) is 0 Å². The highest BCUT2D eigenvalue weighted by molar-refractivity contribution is 6.02. The number of Topliss-reactive ketones (excluding diaryl/α,β-unsaturated/α-hetero) is 1. The zero-order chi connectivity index (χ0) is 22.1. The van der Waals surface area contributed by atoms with E-state index in [4.69, 9.17) is 0 Å². The fraction of sp³-hybridized carbons (Fsp3) is 0.458. The average Bonchev–Trinajstić information content (AvgIpc) is 2.66. The van der Waals surface area contributed by atoms with Gasteiger partial charge in [-0.15, -0.1) is 0 Å². The second-order valence-electron chi connectivity index (χ2n) is 9.13. The standard InChI is InChI=1S/C24H31N3O3/c1-6-15-7-9-16(10-8-15)20(27(4)5)14-25-22(29)18-11-17-19(26-23(18)30)12-24(2,3)13-21(17)28/h7-11,20H,6,12-14H2,1-5H3,(H,25,29)(H,26,30). The lowest BCUT2D eigenvalue weighted by Gasteiger charge is -2.29. The van der Waals surface area contributed by atoms with Crippen molar-refractivity contribution in [1.82, 2.24) is 15.2 Å². The molecule has 30 heavy (non-hydrogen) atoms. The second kappa shape index (κ2) is 8.56. The Labute approximate surface area is 177 Å². The number of ketones is 1. The van der Waals surface area contributed by atoms with Crippen LogP contribution in [0.3, 0.4) is 0 Å². The number of hydrogen-bond donors (Lipinski definition) is 2. The summed E-state index contributed by atoms with van der Waals surface area (Å²) < 4.78 is 0. The smallest absolute Gasteiger partial charge is 0.261 e. The first kappa shape index (κ1) is 22.0. The van der Waals surface area contributed by atoms with Gasteiger partial charge in [-0.2, -0.15) is 0 Å². The van der Waals surface area contributed by atoms with Crippen LogP contribution in [0.5, 0.6) is 0 Å². The van der Waals surface area contributed by atoms with E-state index in [9.17, 15) is 14.4 Å². The molecular weight excluding hydrogens is 378 g/mol. The first-order valence-electron chi connectivity index (χ1n) is 10.4. The van der Waals surface area contributed by atoms with Crippen LogP contribution in [0.1, 0.15) is 70.8 Å². The van der Waals surface area contributed by atoms with Gasteiger partial charge in [0, 0.05) is 24.2 Å². The maximum Gasteiger partial charge on any atom is 0.261 e. The molecule has 6 heteroatoms. The van der Waals surface area contributed by atoms with Crippen LogP contribution in [-0.4, -0.2) is 42.2 Å². The van der Waals surface area contributed by atoms with Crippen LogP contribution >= 0.6 is 0 Å². The van der Waals surface area contributed by atoms with Gasteiger partial charge in [0.05, 0.1) is 6.04 Å². The van der Waals surface area contributed by atoms with Gasteiger partial charge in [0.25, 0.3) is 11.5 Å². The SMILES string of the molecule is CCc1ccc(C(CNC(=O)c2cc3c([nH]c2=O)CC(C)(C)CC3=O)N(C)C)cc1. The average molecular weight is 410 g/mol. The van der Waals surface area contributed by atoms with Gasteiger partial charge in [-0.05, 0) is 49.5 Å². The van der Waals surface area contributed by atoms with Crippen LogP contribution in [0, 0.1) is 5.41 Å². The van der Waals surface area contributed by atoms with Crippen LogP contribution in [0.4, 0.5) is 0 Å². The number of rotatable bonds is 6. The van der Waals surface area contributed by atoms with E-state index in [0.29, 0.717) is 30.6 Å². The molecule has 1 heterocycles. The molecule has 0 fully saturated rings. The first-order valence-corrected chi connectivity index (χ1v) is 10.4. The minimum absolute atomic E-state index is 0.0133. The van der Waals surface area contributed by atoms with Gasteiger partial charge in [-0.3, -0.25) is 14.4 Å². The van der Waals surface area contributed by atoms with Crippen molar-refractivity contribution < 1.29 is 9.59 Å². The zero-order valence-corrected chi connectivity index (χ0v) is 18.5. The van der Waals surface area contributed by atoms with E-state index in [-0.39, 0.29) is 22.8 Å². The molecule has 1 aromatic carbocycles.